The van der Waals surface area contributed by atoms with E-state index in [9.17, 15) is 9.59 Å². The van der Waals surface area contributed by atoms with Gasteiger partial charge < -0.3 is 16.4 Å². The number of anilines is 1. The van der Waals surface area contributed by atoms with Crippen molar-refractivity contribution in [1.82, 2.24) is 5.32 Å². The molecule has 21 heavy (non-hydrogen) atoms. The number of hydrogen-bond acceptors (Lipinski definition) is 3. The second-order valence-corrected chi connectivity index (χ2v) is 5.33. The van der Waals surface area contributed by atoms with Gasteiger partial charge in [0.05, 0.1) is 6.42 Å². The van der Waals surface area contributed by atoms with E-state index in [1.54, 1.807) is 19.1 Å². The third-order valence-corrected chi connectivity index (χ3v) is 2.56. The van der Waals surface area contributed by atoms with Crippen LogP contribution in [0.5, 0.6) is 0 Å². The molecule has 0 saturated carbocycles. The summed E-state index contributed by atoms with van der Waals surface area (Å²) in [4.78, 5) is 23.2. The van der Waals surface area contributed by atoms with E-state index in [1.165, 1.54) is 0 Å². The van der Waals surface area contributed by atoms with Crippen LogP contribution >= 0.6 is 12.4 Å². The first kappa shape index (κ1) is 19.4. The van der Waals surface area contributed by atoms with E-state index >= 15 is 0 Å². The van der Waals surface area contributed by atoms with Crippen LogP contribution in [0.1, 0.15) is 32.8 Å². The second-order valence-electron chi connectivity index (χ2n) is 5.33. The van der Waals surface area contributed by atoms with Crippen LogP contribution in [0.3, 0.4) is 0 Å². The Hall–Kier alpha value is -1.59. The van der Waals surface area contributed by atoms with Crippen LogP contribution in [0, 0.1) is 0 Å². The summed E-state index contributed by atoms with van der Waals surface area (Å²) in [6, 6.07) is 7.23. The summed E-state index contributed by atoms with van der Waals surface area (Å²) in [5.74, 6) is -0.112. The number of carbonyl (C=O) groups excluding carboxylic acids is 2. The van der Waals surface area contributed by atoms with Gasteiger partial charge in [-0.2, -0.15) is 0 Å². The fourth-order valence-corrected chi connectivity index (χ4v) is 1.77. The Balaban J connectivity index is 0.00000400. The zero-order valence-corrected chi connectivity index (χ0v) is 13.5. The third-order valence-electron chi connectivity index (χ3n) is 2.56. The Kier molecular flexibility index (Phi) is 8.66. The highest BCUT2D eigenvalue weighted by molar-refractivity contribution is 5.91. The molecule has 1 atom stereocenters. The van der Waals surface area contributed by atoms with Gasteiger partial charge in [-0.25, -0.2) is 0 Å². The van der Waals surface area contributed by atoms with Gasteiger partial charge in [-0.15, -0.1) is 12.4 Å². The topological polar surface area (TPSA) is 84.2 Å². The van der Waals surface area contributed by atoms with E-state index < -0.39 is 0 Å². The highest BCUT2D eigenvalue weighted by atomic mass is 35.5. The van der Waals surface area contributed by atoms with Crippen LogP contribution < -0.4 is 16.4 Å². The molecule has 0 fully saturated rings. The summed E-state index contributed by atoms with van der Waals surface area (Å²) >= 11 is 0. The summed E-state index contributed by atoms with van der Waals surface area (Å²) in [5, 5.41) is 5.60. The minimum Gasteiger partial charge on any atom is -0.354 e. The first-order chi connectivity index (χ1) is 9.36. The van der Waals surface area contributed by atoms with Crippen molar-refractivity contribution in [2.45, 2.75) is 45.7 Å². The lowest BCUT2D eigenvalue weighted by molar-refractivity contribution is -0.121. The van der Waals surface area contributed by atoms with E-state index in [-0.39, 0.29) is 36.3 Å². The van der Waals surface area contributed by atoms with Gasteiger partial charge in [0.2, 0.25) is 11.8 Å². The van der Waals surface area contributed by atoms with E-state index in [2.05, 4.69) is 10.6 Å². The van der Waals surface area contributed by atoms with Crippen molar-refractivity contribution < 1.29 is 9.59 Å². The zero-order valence-electron chi connectivity index (χ0n) is 12.7. The molecule has 0 bridgehead atoms. The molecule has 1 aromatic carbocycles. The Morgan fingerprint density at radius 1 is 1.10 bits per heavy atom. The van der Waals surface area contributed by atoms with Gasteiger partial charge in [-0.1, -0.05) is 12.1 Å². The van der Waals surface area contributed by atoms with E-state index in [1.807, 2.05) is 26.0 Å². The Morgan fingerprint density at radius 3 is 2.14 bits per heavy atom. The van der Waals surface area contributed by atoms with Gasteiger partial charge in [-0.05, 0) is 38.5 Å². The fraction of sp³-hybridized carbons (Fsp3) is 0.467. The molecule has 2 amide bonds. The lowest BCUT2D eigenvalue weighted by Gasteiger charge is -2.10. The number of nitrogens with one attached hydrogen (secondary N) is 2. The van der Waals surface area contributed by atoms with E-state index in [0.29, 0.717) is 18.5 Å². The van der Waals surface area contributed by atoms with Gasteiger partial charge in [0, 0.05) is 24.2 Å². The molecule has 0 aliphatic heterocycles. The molecule has 118 valence electrons. The molecule has 0 heterocycles. The first-order valence-corrected chi connectivity index (χ1v) is 6.80. The van der Waals surface area contributed by atoms with Crippen molar-refractivity contribution >= 4 is 29.9 Å². The maximum absolute atomic E-state index is 11.6. The molecular formula is C15H24ClN3O2. The molecule has 1 aromatic rings. The molecule has 0 saturated heterocycles. The van der Waals surface area contributed by atoms with Crippen LogP contribution in [0.4, 0.5) is 5.69 Å². The summed E-state index contributed by atoms with van der Waals surface area (Å²) in [6.07, 6.45) is 0.630. The molecule has 0 radical (unpaired) electrons. The average Bonchev–Trinajstić information content (AvgIpc) is 2.29. The zero-order chi connectivity index (χ0) is 15.1. The van der Waals surface area contributed by atoms with Crippen LogP contribution in [0.15, 0.2) is 24.3 Å². The van der Waals surface area contributed by atoms with Crippen molar-refractivity contribution in [2.24, 2.45) is 5.73 Å². The van der Waals surface area contributed by atoms with E-state index in [0.717, 1.165) is 5.56 Å². The minimum atomic E-state index is -0.158. The Labute approximate surface area is 132 Å². The van der Waals surface area contributed by atoms with Crippen molar-refractivity contribution in [1.29, 1.82) is 0 Å². The monoisotopic (exact) mass is 313 g/mol. The van der Waals surface area contributed by atoms with E-state index in [4.69, 9.17) is 5.73 Å². The van der Waals surface area contributed by atoms with Gasteiger partial charge in [-0.3, -0.25) is 9.59 Å². The average molecular weight is 314 g/mol. The first-order valence-electron chi connectivity index (χ1n) is 6.80. The van der Waals surface area contributed by atoms with Gasteiger partial charge in [0.25, 0.3) is 0 Å². The number of hydrogen-bond donors (Lipinski definition) is 3. The van der Waals surface area contributed by atoms with Crippen molar-refractivity contribution in [3.8, 4) is 0 Å². The normalized spacial score (nSPS) is 11.5. The maximum Gasteiger partial charge on any atom is 0.225 e. The highest BCUT2D eigenvalue weighted by Crippen LogP contribution is 2.10. The number of carbonyl (C=O) groups is 2. The predicted octanol–water partition coefficient (Wildman–Crippen LogP) is 1.85. The number of rotatable bonds is 6. The lowest BCUT2D eigenvalue weighted by Crippen LogP contribution is -2.31. The van der Waals surface area contributed by atoms with Gasteiger partial charge in [0.1, 0.15) is 0 Å². The van der Waals surface area contributed by atoms with Crippen molar-refractivity contribution in [2.75, 3.05) is 5.32 Å². The molecule has 1 rings (SSSR count). The largest absolute Gasteiger partial charge is 0.354 e. The molecule has 0 spiro atoms. The second kappa shape index (κ2) is 9.37. The van der Waals surface area contributed by atoms with Crippen LogP contribution in [-0.4, -0.2) is 23.9 Å². The van der Waals surface area contributed by atoms with Gasteiger partial charge >= 0.3 is 0 Å². The summed E-state index contributed by atoms with van der Waals surface area (Å²) in [6.45, 7) is 5.64. The molecular weight excluding hydrogens is 290 g/mol. The highest BCUT2D eigenvalue weighted by Gasteiger charge is 2.07. The predicted molar refractivity (Wildman–Crippen MR) is 87.6 cm³/mol. The molecule has 5 nitrogen and oxygen atoms in total. The number of halogens is 1. The number of amides is 2. The van der Waals surface area contributed by atoms with Gasteiger partial charge in [0.15, 0.2) is 0 Å². The molecule has 6 heteroatoms. The quantitative estimate of drug-likeness (QED) is 0.749. The summed E-state index contributed by atoms with van der Waals surface area (Å²) in [7, 11) is 0. The van der Waals surface area contributed by atoms with Crippen LogP contribution in [-0.2, 0) is 16.0 Å². The maximum atomic E-state index is 11.6. The molecule has 4 N–H and O–H groups in total. The van der Waals surface area contributed by atoms with Crippen LogP contribution in [0.2, 0.25) is 0 Å². The number of benzene rings is 1. The molecule has 0 aliphatic rings. The Morgan fingerprint density at radius 2 is 1.67 bits per heavy atom. The summed E-state index contributed by atoms with van der Waals surface area (Å²) in [5.41, 5.74) is 7.18. The third kappa shape index (κ3) is 8.32. The fourth-order valence-electron chi connectivity index (χ4n) is 1.77. The van der Waals surface area contributed by atoms with Crippen molar-refractivity contribution in [3.63, 3.8) is 0 Å². The molecule has 1 unspecified atom stereocenters. The Bertz CT molecular complexity index is 415. The molecule has 0 aliphatic carbocycles. The van der Waals surface area contributed by atoms with Crippen molar-refractivity contribution in [3.05, 3.63) is 29.8 Å². The standard InChI is InChI=1S/C15H23N3O2.ClH/c1-10(2)17-15(20)9-12-4-6-13(7-5-12)18-14(19)8-11(3)16;/h4-7,10-11H,8-9,16H2,1-3H3,(H,17,20)(H,18,19);1H. The molecule has 0 aromatic heterocycles. The smallest absolute Gasteiger partial charge is 0.225 e. The van der Waals surface area contributed by atoms with Crippen LogP contribution in [0.25, 0.3) is 0 Å². The minimum absolute atomic E-state index is 0. The SMILES string of the molecule is CC(N)CC(=O)Nc1ccc(CC(=O)NC(C)C)cc1.Cl. The lowest BCUT2D eigenvalue weighted by atomic mass is 10.1. The number of nitrogens with two attached hydrogens (primary N) is 1. The summed E-state index contributed by atoms with van der Waals surface area (Å²) < 4.78 is 0.